The Labute approximate surface area is 129 Å². The fourth-order valence-electron chi connectivity index (χ4n) is 2.04. The normalized spacial score (nSPS) is 11.3. The number of aromatic amines is 1. The van der Waals surface area contributed by atoms with Gasteiger partial charge in [-0.3, -0.25) is 9.59 Å². The van der Waals surface area contributed by atoms with E-state index in [-0.39, 0.29) is 17.7 Å². The predicted molar refractivity (Wildman–Crippen MR) is 77.9 cm³/mol. The largest absolute Gasteiger partial charge is 0.406 e. The minimum atomic E-state index is -4.44. The van der Waals surface area contributed by atoms with E-state index in [0.29, 0.717) is 11.3 Å². The van der Waals surface area contributed by atoms with E-state index in [4.69, 9.17) is 0 Å². The summed E-state index contributed by atoms with van der Waals surface area (Å²) in [6, 6.07) is 7.20. The highest BCUT2D eigenvalue weighted by atomic mass is 19.4. The van der Waals surface area contributed by atoms with Crippen LogP contribution in [0.5, 0.6) is 0 Å². The van der Waals surface area contributed by atoms with Crippen LogP contribution < -0.4 is 5.56 Å². The standard InChI is InChI=1S/C15H14F3N3O2/c1-2-21(8-15(16,17)18)14(23)11-5-3-10(4-6-11)12-7-13(22)20-9-19-12/h3-7,9H,2,8H2,1H3,(H,19,20,22). The van der Waals surface area contributed by atoms with Crippen molar-refractivity contribution in [1.82, 2.24) is 14.9 Å². The van der Waals surface area contributed by atoms with Crippen molar-refractivity contribution in [2.75, 3.05) is 13.1 Å². The average molecular weight is 325 g/mol. The van der Waals surface area contributed by atoms with Gasteiger partial charge in [0.15, 0.2) is 0 Å². The lowest BCUT2D eigenvalue weighted by Crippen LogP contribution is -2.38. The highest BCUT2D eigenvalue weighted by Crippen LogP contribution is 2.20. The fourth-order valence-corrected chi connectivity index (χ4v) is 2.04. The fraction of sp³-hybridized carbons (Fsp3) is 0.267. The van der Waals surface area contributed by atoms with E-state index in [9.17, 15) is 22.8 Å². The van der Waals surface area contributed by atoms with E-state index in [1.807, 2.05) is 0 Å². The van der Waals surface area contributed by atoms with E-state index in [1.54, 1.807) is 0 Å². The first-order chi connectivity index (χ1) is 10.8. The Morgan fingerprint density at radius 2 is 1.91 bits per heavy atom. The van der Waals surface area contributed by atoms with Gasteiger partial charge < -0.3 is 9.88 Å². The molecule has 0 spiro atoms. The van der Waals surface area contributed by atoms with Gasteiger partial charge in [0.05, 0.1) is 12.0 Å². The van der Waals surface area contributed by atoms with Gasteiger partial charge in [-0.05, 0) is 19.1 Å². The number of alkyl halides is 3. The lowest BCUT2D eigenvalue weighted by atomic mass is 10.1. The monoisotopic (exact) mass is 325 g/mol. The van der Waals surface area contributed by atoms with Gasteiger partial charge in [-0.1, -0.05) is 12.1 Å². The number of benzene rings is 1. The first-order valence-electron chi connectivity index (χ1n) is 6.81. The average Bonchev–Trinajstić information content (AvgIpc) is 2.51. The van der Waals surface area contributed by atoms with Crippen LogP contribution in [-0.2, 0) is 0 Å². The molecular formula is C15H14F3N3O2. The molecule has 5 nitrogen and oxygen atoms in total. The van der Waals surface area contributed by atoms with Crippen molar-refractivity contribution in [1.29, 1.82) is 0 Å². The Morgan fingerprint density at radius 1 is 1.26 bits per heavy atom. The number of carbonyl (C=O) groups excluding carboxylic acids is 1. The van der Waals surface area contributed by atoms with Crippen LogP contribution in [0.4, 0.5) is 13.2 Å². The van der Waals surface area contributed by atoms with Gasteiger partial charge in [-0.25, -0.2) is 4.98 Å². The maximum Gasteiger partial charge on any atom is 0.406 e. The second-order valence-corrected chi connectivity index (χ2v) is 4.81. The number of hydrogen-bond acceptors (Lipinski definition) is 3. The second-order valence-electron chi connectivity index (χ2n) is 4.81. The predicted octanol–water partition coefficient (Wildman–Crippen LogP) is 2.46. The first-order valence-corrected chi connectivity index (χ1v) is 6.81. The molecule has 1 aromatic heterocycles. The lowest BCUT2D eigenvalue weighted by molar-refractivity contribution is -0.140. The molecule has 0 aliphatic carbocycles. The third kappa shape index (κ3) is 4.41. The Bertz CT molecular complexity index is 739. The maximum atomic E-state index is 12.5. The SMILES string of the molecule is CCN(CC(F)(F)F)C(=O)c1ccc(-c2cc(=O)[nH]cn2)cc1. The summed E-state index contributed by atoms with van der Waals surface area (Å²) in [5, 5.41) is 0. The van der Waals surface area contributed by atoms with Crippen molar-refractivity contribution in [2.24, 2.45) is 0 Å². The summed E-state index contributed by atoms with van der Waals surface area (Å²) < 4.78 is 37.4. The number of nitrogens with zero attached hydrogens (tertiary/aromatic N) is 2. The van der Waals surface area contributed by atoms with Gasteiger partial charge in [0, 0.05) is 23.7 Å². The number of amides is 1. The molecule has 0 radical (unpaired) electrons. The van der Waals surface area contributed by atoms with Crippen LogP contribution in [0.15, 0.2) is 41.5 Å². The minimum absolute atomic E-state index is 0.0459. The minimum Gasteiger partial charge on any atom is -0.330 e. The number of rotatable bonds is 4. The molecule has 1 aromatic carbocycles. The van der Waals surface area contributed by atoms with Gasteiger partial charge in [0.2, 0.25) is 0 Å². The van der Waals surface area contributed by atoms with E-state index < -0.39 is 18.6 Å². The number of hydrogen-bond donors (Lipinski definition) is 1. The van der Waals surface area contributed by atoms with Gasteiger partial charge in [0.1, 0.15) is 6.54 Å². The quantitative estimate of drug-likeness (QED) is 0.939. The number of H-pyrrole nitrogens is 1. The van der Waals surface area contributed by atoms with Crippen LogP contribution in [0.2, 0.25) is 0 Å². The van der Waals surface area contributed by atoms with Gasteiger partial charge in [-0.2, -0.15) is 13.2 Å². The summed E-state index contributed by atoms with van der Waals surface area (Å²) in [6.45, 7) is 0.146. The molecule has 2 aromatic rings. The highest BCUT2D eigenvalue weighted by molar-refractivity contribution is 5.94. The summed E-state index contributed by atoms with van der Waals surface area (Å²) >= 11 is 0. The van der Waals surface area contributed by atoms with Gasteiger partial charge in [0.25, 0.3) is 11.5 Å². The molecule has 122 valence electrons. The number of aromatic nitrogens is 2. The van der Waals surface area contributed by atoms with Crippen molar-refractivity contribution in [3.63, 3.8) is 0 Å². The molecule has 0 unspecified atom stereocenters. The van der Waals surface area contributed by atoms with Crippen LogP contribution in [0.25, 0.3) is 11.3 Å². The third-order valence-corrected chi connectivity index (χ3v) is 3.14. The zero-order valence-corrected chi connectivity index (χ0v) is 12.2. The van der Waals surface area contributed by atoms with Crippen LogP contribution in [-0.4, -0.2) is 40.0 Å². The van der Waals surface area contributed by atoms with Crippen LogP contribution in [0.3, 0.4) is 0 Å². The molecule has 0 aliphatic rings. The van der Waals surface area contributed by atoms with Gasteiger partial charge in [-0.15, -0.1) is 0 Å². The third-order valence-electron chi connectivity index (χ3n) is 3.14. The first kappa shape index (κ1) is 16.7. The number of nitrogens with one attached hydrogen (secondary N) is 1. The summed E-state index contributed by atoms with van der Waals surface area (Å²) in [5.74, 6) is -0.699. The Balaban J connectivity index is 2.21. The van der Waals surface area contributed by atoms with Crippen molar-refractivity contribution >= 4 is 5.91 Å². The zero-order valence-electron chi connectivity index (χ0n) is 12.2. The molecule has 1 amide bonds. The topological polar surface area (TPSA) is 66.1 Å². The molecule has 0 saturated carbocycles. The van der Waals surface area contributed by atoms with E-state index in [1.165, 1.54) is 43.6 Å². The highest BCUT2D eigenvalue weighted by Gasteiger charge is 2.32. The lowest BCUT2D eigenvalue weighted by Gasteiger charge is -2.22. The summed E-state index contributed by atoms with van der Waals surface area (Å²) in [4.78, 5) is 30.4. The number of carbonyl (C=O) groups is 1. The maximum absolute atomic E-state index is 12.5. The summed E-state index contributed by atoms with van der Waals surface area (Å²) in [5.41, 5.74) is 0.823. The molecule has 0 aliphatic heterocycles. The molecule has 0 saturated heterocycles. The molecule has 2 rings (SSSR count). The molecule has 1 N–H and O–H groups in total. The molecule has 8 heteroatoms. The molecule has 1 heterocycles. The number of halogens is 3. The summed E-state index contributed by atoms with van der Waals surface area (Å²) in [6.07, 6.45) is -3.19. The van der Waals surface area contributed by atoms with Crippen molar-refractivity contribution in [3.05, 3.63) is 52.6 Å². The van der Waals surface area contributed by atoms with Crippen molar-refractivity contribution in [3.8, 4) is 11.3 Å². The zero-order chi connectivity index (χ0) is 17.0. The molecule has 23 heavy (non-hydrogen) atoms. The van der Waals surface area contributed by atoms with Crippen LogP contribution >= 0.6 is 0 Å². The van der Waals surface area contributed by atoms with Gasteiger partial charge >= 0.3 is 6.18 Å². The Morgan fingerprint density at radius 3 is 2.43 bits per heavy atom. The van der Waals surface area contributed by atoms with Crippen molar-refractivity contribution < 1.29 is 18.0 Å². The summed E-state index contributed by atoms with van der Waals surface area (Å²) in [7, 11) is 0. The van der Waals surface area contributed by atoms with Crippen molar-refractivity contribution in [2.45, 2.75) is 13.1 Å². The Hall–Kier alpha value is -2.64. The van der Waals surface area contributed by atoms with E-state index >= 15 is 0 Å². The molecular weight excluding hydrogens is 311 g/mol. The molecule has 0 fully saturated rings. The van der Waals surface area contributed by atoms with E-state index in [2.05, 4.69) is 9.97 Å². The molecule has 0 bridgehead atoms. The van der Waals surface area contributed by atoms with Crippen LogP contribution in [0, 0.1) is 0 Å². The second kappa shape index (κ2) is 6.64. The Kier molecular flexibility index (Phi) is 4.83. The van der Waals surface area contributed by atoms with Crippen LogP contribution in [0.1, 0.15) is 17.3 Å². The molecule has 0 atom stereocenters. The smallest absolute Gasteiger partial charge is 0.330 e. The van der Waals surface area contributed by atoms with E-state index in [0.717, 1.165) is 4.90 Å².